The van der Waals surface area contributed by atoms with Crippen molar-refractivity contribution in [2.45, 2.75) is 38.3 Å². The molecule has 1 amide bonds. The number of nitrogens with zero attached hydrogens (tertiary/aromatic N) is 2. The average Bonchev–Trinajstić information content (AvgIpc) is 3.40. The molecule has 0 radical (unpaired) electrons. The third kappa shape index (κ3) is 4.59. The number of methoxy groups -OCH3 is 1. The number of carbonyl (C=O) groups is 1. The van der Waals surface area contributed by atoms with Gasteiger partial charge in [0.15, 0.2) is 0 Å². The van der Waals surface area contributed by atoms with Crippen LogP contribution in [0, 0.1) is 0 Å². The van der Waals surface area contributed by atoms with Crippen molar-refractivity contribution in [1.82, 2.24) is 14.9 Å². The van der Waals surface area contributed by atoms with Crippen molar-refractivity contribution in [3.05, 3.63) is 59.9 Å². The Balaban J connectivity index is 1.25. The van der Waals surface area contributed by atoms with Crippen LogP contribution in [-0.4, -0.2) is 41.0 Å². The van der Waals surface area contributed by atoms with Crippen LogP contribution in [0.5, 0.6) is 5.75 Å². The summed E-state index contributed by atoms with van der Waals surface area (Å²) in [6.07, 6.45) is 3.19. The van der Waals surface area contributed by atoms with Gasteiger partial charge in [0.05, 0.1) is 30.8 Å². The van der Waals surface area contributed by atoms with E-state index in [2.05, 4.69) is 4.98 Å². The summed E-state index contributed by atoms with van der Waals surface area (Å²) in [5.41, 5.74) is 3.07. The molecule has 0 spiro atoms. The zero-order chi connectivity index (χ0) is 20.1. The zero-order valence-electron chi connectivity index (χ0n) is 16.8. The third-order valence-electron chi connectivity index (χ3n) is 5.40. The predicted octanol–water partition coefficient (Wildman–Crippen LogP) is 4.23. The third-order valence-corrected chi connectivity index (χ3v) is 5.40. The van der Waals surface area contributed by atoms with Crippen molar-refractivity contribution in [2.24, 2.45) is 0 Å². The van der Waals surface area contributed by atoms with Crippen LogP contribution in [0.15, 0.2) is 48.5 Å². The molecular formula is C23H27N3O3. The molecule has 1 aromatic heterocycles. The number of benzene rings is 2. The lowest BCUT2D eigenvalue weighted by atomic mass is 10.2. The van der Waals surface area contributed by atoms with Crippen LogP contribution in [0.25, 0.3) is 11.0 Å². The largest absolute Gasteiger partial charge is 0.497 e. The van der Waals surface area contributed by atoms with E-state index < -0.39 is 0 Å². The summed E-state index contributed by atoms with van der Waals surface area (Å²) in [5, 5.41) is 0. The van der Waals surface area contributed by atoms with E-state index in [0.29, 0.717) is 19.6 Å². The molecule has 0 bridgehead atoms. The number of ether oxygens (including phenoxy) is 2. The van der Waals surface area contributed by atoms with E-state index in [1.807, 2.05) is 53.4 Å². The van der Waals surface area contributed by atoms with Gasteiger partial charge in [0.2, 0.25) is 5.91 Å². The maximum Gasteiger partial charge on any atom is 0.223 e. The van der Waals surface area contributed by atoms with Crippen LogP contribution in [0.3, 0.4) is 0 Å². The Morgan fingerprint density at radius 2 is 2.03 bits per heavy atom. The molecular weight excluding hydrogens is 366 g/mol. The number of amides is 1. The van der Waals surface area contributed by atoms with E-state index in [1.54, 1.807) is 7.11 Å². The number of para-hydroxylation sites is 2. The van der Waals surface area contributed by atoms with Crippen LogP contribution >= 0.6 is 0 Å². The summed E-state index contributed by atoms with van der Waals surface area (Å²) in [6, 6.07) is 15.9. The van der Waals surface area contributed by atoms with E-state index in [4.69, 9.17) is 14.5 Å². The summed E-state index contributed by atoms with van der Waals surface area (Å²) < 4.78 is 10.9. The fourth-order valence-electron chi connectivity index (χ4n) is 3.86. The molecule has 1 fully saturated rings. The molecule has 1 aliphatic heterocycles. The molecule has 0 unspecified atom stereocenters. The maximum absolute atomic E-state index is 12.8. The van der Waals surface area contributed by atoms with Crippen LogP contribution in [0.1, 0.15) is 43.1 Å². The number of fused-ring (bicyclic) bond motifs is 1. The molecule has 2 heterocycles. The number of aromatic nitrogens is 2. The summed E-state index contributed by atoms with van der Waals surface area (Å²) in [5.74, 6) is 1.91. The molecule has 2 aromatic carbocycles. The lowest BCUT2D eigenvalue weighted by Gasteiger charge is -2.23. The summed E-state index contributed by atoms with van der Waals surface area (Å²) in [6.45, 7) is 1.91. The normalized spacial score (nSPS) is 16.4. The van der Waals surface area contributed by atoms with Crippen molar-refractivity contribution in [1.29, 1.82) is 0 Å². The highest BCUT2D eigenvalue weighted by atomic mass is 16.5. The lowest BCUT2D eigenvalue weighted by Crippen LogP contribution is -2.31. The Labute approximate surface area is 170 Å². The monoisotopic (exact) mass is 393 g/mol. The molecule has 29 heavy (non-hydrogen) atoms. The van der Waals surface area contributed by atoms with Gasteiger partial charge in [-0.05, 0) is 49.1 Å². The first-order chi connectivity index (χ1) is 14.2. The summed E-state index contributed by atoms with van der Waals surface area (Å²) in [7, 11) is 1.65. The van der Waals surface area contributed by atoms with Gasteiger partial charge in [0, 0.05) is 19.6 Å². The first-order valence-corrected chi connectivity index (χ1v) is 10.2. The molecule has 4 rings (SSSR count). The fraction of sp³-hybridized carbons (Fsp3) is 0.391. The van der Waals surface area contributed by atoms with E-state index in [0.717, 1.165) is 54.0 Å². The molecule has 0 aliphatic carbocycles. The van der Waals surface area contributed by atoms with Gasteiger partial charge in [0.25, 0.3) is 0 Å². The molecule has 6 nitrogen and oxygen atoms in total. The van der Waals surface area contributed by atoms with Crippen LogP contribution in [-0.2, 0) is 16.1 Å². The van der Waals surface area contributed by atoms with Crippen molar-refractivity contribution in [3.63, 3.8) is 0 Å². The predicted molar refractivity (Wildman–Crippen MR) is 112 cm³/mol. The highest BCUT2D eigenvalue weighted by molar-refractivity contribution is 5.78. The van der Waals surface area contributed by atoms with Gasteiger partial charge in [-0.15, -0.1) is 0 Å². The molecule has 6 heteroatoms. The Hall–Kier alpha value is -2.86. The van der Waals surface area contributed by atoms with Gasteiger partial charge in [-0.1, -0.05) is 24.3 Å². The Morgan fingerprint density at radius 3 is 2.83 bits per heavy atom. The van der Waals surface area contributed by atoms with Gasteiger partial charge in [-0.25, -0.2) is 4.98 Å². The SMILES string of the molecule is COc1ccc(COCCCC(=O)N2CCC[C@@H]2c2nc3ccccc3[nH]2)cc1. The number of hydrogen-bond donors (Lipinski definition) is 1. The Bertz CT molecular complexity index is 918. The molecule has 1 N–H and O–H groups in total. The topological polar surface area (TPSA) is 67.5 Å². The summed E-state index contributed by atoms with van der Waals surface area (Å²) >= 11 is 0. The van der Waals surface area contributed by atoms with E-state index >= 15 is 0 Å². The Kier molecular flexibility index (Phi) is 6.10. The second-order valence-corrected chi connectivity index (χ2v) is 7.39. The van der Waals surface area contributed by atoms with Gasteiger partial charge in [-0.3, -0.25) is 4.79 Å². The molecule has 3 aromatic rings. The van der Waals surface area contributed by atoms with Gasteiger partial charge >= 0.3 is 0 Å². The van der Waals surface area contributed by atoms with E-state index in [1.165, 1.54) is 0 Å². The van der Waals surface area contributed by atoms with Crippen molar-refractivity contribution < 1.29 is 14.3 Å². The number of aromatic amines is 1. The molecule has 152 valence electrons. The second-order valence-electron chi connectivity index (χ2n) is 7.39. The average molecular weight is 393 g/mol. The van der Waals surface area contributed by atoms with Crippen molar-refractivity contribution >= 4 is 16.9 Å². The van der Waals surface area contributed by atoms with Gasteiger partial charge < -0.3 is 19.4 Å². The minimum Gasteiger partial charge on any atom is -0.497 e. The number of H-pyrrole nitrogens is 1. The van der Waals surface area contributed by atoms with Gasteiger partial charge in [0.1, 0.15) is 11.6 Å². The second kappa shape index (κ2) is 9.09. The zero-order valence-corrected chi connectivity index (χ0v) is 16.8. The highest BCUT2D eigenvalue weighted by Crippen LogP contribution is 2.32. The van der Waals surface area contributed by atoms with E-state index in [9.17, 15) is 4.79 Å². The standard InChI is InChI=1S/C23H27N3O3/c1-28-18-12-10-17(11-13-18)16-29-15-5-9-22(27)26-14-4-8-21(26)23-24-19-6-2-3-7-20(19)25-23/h2-3,6-7,10-13,21H,4-5,8-9,14-16H2,1H3,(H,24,25)/t21-/m1/s1. The highest BCUT2D eigenvalue weighted by Gasteiger charge is 2.31. The molecule has 1 atom stereocenters. The number of hydrogen-bond acceptors (Lipinski definition) is 4. The first kappa shape index (κ1) is 19.5. The van der Waals surface area contributed by atoms with Crippen molar-refractivity contribution in [3.8, 4) is 5.75 Å². The molecule has 1 aliphatic rings. The fourth-order valence-corrected chi connectivity index (χ4v) is 3.86. The van der Waals surface area contributed by atoms with Gasteiger partial charge in [-0.2, -0.15) is 0 Å². The van der Waals surface area contributed by atoms with Crippen molar-refractivity contribution in [2.75, 3.05) is 20.3 Å². The first-order valence-electron chi connectivity index (χ1n) is 10.2. The number of rotatable bonds is 8. The van der Waals surface area contributed by atoms with Crippen LogP contribution < -0.4 is 4.74 Å². The van der Waals surface area contributed by atoms with Crippen LogP contribution in [0.2, 0.25) is 0 Å². The number of imidazole rings is 1. The number of nitrogens with one attached hydrogen (secondary N) is 1. The van der Waals surface area contributed by atoms with E-state index in [-0.39, 0.29) is 11.9 Å². The smallest absolute Gasteiger partial charge is 0.223 e. The molecule has 0 saturated carbocycles. The Morgan fingerprint density at radius 1 is 1.21 bits per heavy atom. The van der Waals surface area contributed by atoms with Crippen LogP contribution in [0.4, 0.5) is 0 Å². The molecule has 1 saturated heterocycles. The summed E-state index contributed by atoms with van der Waals surface area (Å²) in [4.78, 5) is 22.8. The minimum atomic E-state index is 0.0510. The number of likely N-dealkylation sites (tertiary alicyclic amines) is 1. The maximum atomic E-state index is 12.8. The lowest BCUT2D eigenvalue weighted by molar-refractivity contribution is -0.132. The minimum absolute atomic E-state index is 0.0510. The number of carbonyl (C=O) groups excluding carboxylic acids is 1. The quantitative estimate of drug-likeness (QED) is 0.582.